The van der Waals surface area contributed by atoms with Gasteiger partial charge in [0, 0.05) is 5.02 Å². The van der Waals surface area contributed by atoms with Gasteiger partial charge in [0.15, 0.2) is 5.76 Å². The molecular weight excluding hydrogens is 420 g/mol. The lowest BCUT2D eigenvalue weighted by atomic mass is 10.1. The molecule has 0 saturated carbocycles. The Morgan fingerprint density at radius 1 is 1.07 bits per heavy atom. The number of amides is 1. The maximum Gasteiger partial charge on any atom is 0.335 e. The summed E-state index contributed by atoms with van der Waals surface area (Å²) in [5, 5.41) is 12.0. The first-order valence-corrected chi connectivity index (χ1v) is 10.0. The van der Waals surface area contributed by atoms with Gasteiger partial charge in [0.2, 0.25) is 0 Å². The van der Waals surface area contributed by atoms with Crippen LogP contribution in [0.15, 0.2) is 64.1 Å². The van der Waals surface area contributed by atoms with Crippen molar-refractivity contribution in [1.82, 2.24) is 0 Å². The molecule has 0 saturated heterocycles. The van der Waals surface area contributed by atoms with Crippen molar-refractivity contribution in [3.05, 3.63) is 76.7 Å². The predicted octanol–water partition coefficient (Wildman–Crippen LogP) is 3.99. The van der Waals surface area contributed by atoms with Gasteiger partial charge < -0.3 is 14.8 Å². The van der Waals surface area contributed by atoms with Gasteiger partial charge in [0.1, 0.15) is 0 Å². The molecule has 2 aromatic carbocycles. The Morgan fingerprint density at radius 2 is 1.83 bits per heavy atom. The minimum Gasteiger partial charge on any atom is -0.478 e. The van der Waals surface area contributed by atoms with Gasteiger partial charge in [-0.3, -0.25) is 9.52 Å². The maximum absolute atomic E-state index is 12.8. The van der Waals surface area contributed by atoms with Crippen LogP contribution in [0.1, 0.15) is 26.5 Å². The van der Waals surface area contributed by atoms with Crippen LogP contribution in [0.5, 0.6) is 0 Å². The second kappa shape index (κ2) is 7.98. The molecule has 1 heterocycles. The molecule has 1 amide bonds. The van der Waals surface area contributed by atoms with Crippen molar-refractivity contribution in [1.29, 1.82) is 0 Å². The van der Waals surface area contributed by atoms with Gasteiger partial charge in [-0.2, -0.15) is 0 Å². The first-order chi connectivity index (χ1) is 13.7. The highest BCUT2D eigenvalue weighted by Gasteiger charge is 2.20. The summed E-state index contributed by atoms with van der Waals surface area (Å²) in [6, 6.07) is 10.9. The van der Waals surface area contributed by atoms with Crippen molar-refractivity contribution in [3.8, 4) is 0 Å². The third-order valence-electron chi connectivity index (χ3n) is 3.97. The van der Waals surface area contributed by atoms with E-state index in [-0.39, 0.29) is 32.6 Å². The average molecular weight is 435 g/mol. The number of carboxylic acid groups (broad SMARTS) is 1. The van der Waals surface area contributed by atoms with E-state index in [1.54, 1.807) is 6.92 Å². The van der Waals surface area contributed by atoms with Crippen LogP contribution in [0.25, 0.3) is 0 Å². The smallest absolute Gasteiger partial charge is 0.335 e. The first kappa shape index (κ1) is 20.4. The molecule has 0 aliphatic carbocycles. The molecule has 0 aliphatic rings. The number of sulfonamides is 1. The number of carboxylic acids is 1. The molecule has 0 spiro atoms. The fourth-order valence-corrected chi connectivity index (χ4v) is 3.78. The number of furan rings is 1. The number of aryl methyl sites for hydroxylation is 1. The predicted molar refractivity (Wildman–Crippen MR) is 107 cm³/mol. The Labute approximate surface area is 171 Å². The van der Waals surface area contributed by atoms with Crippen molar-refractivity contribution in [2.75, 3.05) is 10.0 Å². The van der Waals surface area contributed by atoms with E-state index in [0.29, 0.717) is 5.56 Å². The number of hydrogen-bond donors (Lipinski definition) is 3. The average Bonchev–Trinajstić information content (AvgIpc) is 3.18. The second-order valence-corrected chi connectivity index (χ2v) is 8.13. The highest BCUT2D eigenvalue weighted by molar-refractivity contribution is 7.92. The van der Waals surface area contributed by atoms with Gasteiger partial charge in [-0.05, 0) is 55.0 Å². The van der Waals surface area contributed by atoms with Crippen LogP contribution in [0, 0.1) is 6.92 Å². The number of carbonyl (C=O) groups excluding carboxylic acids is 1. The van der Waals surface area contributed by atoms with Gasteiger partial charge >= 0.3 is 5.97 Å². The SMILES string of the molecule is Cc1ccc(S(=O)(=O)Nc2ccc(Cl)cc2NC(=O)c2ccco2)cc1C(=O)O. The highest BCUT2D eigenvalue weighted by atomic mass is 35.5. The summed E-state index contributed by atoms with van der Waals surface area (Å²) < 4.78 is 32.9. The standard InChI is InChI=1S/C19H15ClN2O6S/c1-11-4-6-13(10-14(11)19(24)25)29(26,27)22-15-7-5-12(20)9-16(15)21-18(23)17-3-2-8-28-17/h2-10,22H,1H3,(H,21,23)(H,24,25). The largest absolute Gasteiger partial charge is 0.478 e. The van der Waals surface area contributed by atoms with Crippen LogP contribution in [0.3, 0.4) is 0 Å². The van der Waals surface area contributed by atoms with Gasteiger partial charge in [-0.25, -0.2) is 13.2 Å². The van der Waals surface area contributed by atoms with Crippen molar-refractivity contribution >= 4 is 44.9 Å². The molecule has 1 aromatic heterocycles. The molecule has 0 atom stereocenters. The molecule has 3 aromatic rings. The van der Waals surface area contributed by atoms with Crippen molar-refractivity contribution in [3.63, 3.8) is 0 Å². The summed E-state index contributed by atoms with van der Waals surface area (Å²) >= 11 is 5.97. The fraction of sp³-hybridized carbons (Fsp3) is 0.0526. The van der Waals surface area contributed by atoms with Crippen LogP contribution < -0.4 is 10.0 Å². The zero-order valence-corrected chi connectivity index (χ0v) is 16.5. The van der Waals surface area contributed by atoms with Gasteiger partial charge in [0.25, 0.3) is 15.9 Å². The monoisotopic (exact) mass is 434 g/mol. The summed E-state index contributed by atoms with van der Waals surface area (Å²) in [7, 11) is -4.14. The van der Waals surface area contributed by atoms with Crippen LogP contribution in [0.2, 0.25) is 5.02 Å². The summed E-state index contributed by atoms with van der Waals surface area (Å²) in [6.07, 6.45) is 1.33. The lowest BCUT2D eigenvalue weighted by Crippen LogP contribution is -2.17. The number of anilines is 2. The Kier molecular flexibility index (Phi) is 5.62. The fourth-order valence-electron chi connectivity index (χ4n) is 2.50. The summed E-state index contributed by atoms with van der Waals surface area (Å²) in [6.45, 7) is 1.56. The van der Waals surface area contributed by atoms with Crippen LogP contribution in [0.4, 0.5) is 11.4 Å². The maximum atomic E-state index is 12.8. The summed E-state index contributed by atoms with van der Waals surface area (Å²) in [5.41, 5.74) is 0.449. The number of halogens is 1. The van der Waals surface area contributed by atoms with E-state index in [0.717, 1.165) is 6.07 Å². The molecule has 3 N–H and O–H groups in total. The molecule has 29 heavy (non-hydrogen) atoms. The molecule has 3 rings (SSSR count). The minimum atomic E-state index is -4.14. The van der Waals surface area contributed by atoms with E-state index in [1.165, 1.54) is 48.7 Å². The summed E-state index contributed by atoms with van der Waals surface area (Å²) in [4.78, 5) is 23.3. The van der Waals surface area contributed by atoms with Crippen LogP contribution in [-0.2, 0) is 10.0 Å². The number of aromatic carboxylic acids is 1. The molecule has 0 aliphatic heterocycles. The Balaban J connectivity index is 1.94. The first-order valence-electron chi connectivity index (χ1n) is 8.18. The molecule has 0 bridgehead atoms. The highest BCUT2D eigenvalue weighted by Crippen LogP contribution is 2.29. The summed E-state index contributed by atoms with van der Waals surface area (Å²) in [5.74, 6) is -1.80. The van der Waals surface area contributed by atoms with Crippen LogP contribution >= 0.6 is 11.6 Å². The van der Waals surface area contributed by atoms with Crippen molar-refractivity contribution in [2.24, 2.45) is 0 Å². The van der Waals surface area contributed by atoms with Gasteiger partial charge in [-0.15, -0.1) is 0 Å². The van der Waals surface area contributed by atoms with E-state index in [1.807, 2.05) is 0 Å². The zero-order valence-electron chi connectivity index (χ0n) is 15.0. The van der Waals surface area contributed by atoms with E-state index < -0.39 is 21.9 Å². The van der Waals surface area contributed by atoms with E-state index in [4.69, 9.17) is 16.0 Å². The molecule has 10 heteroatoms. The number of carbonyl (C=O) groups is 2. The van der Waals surface area contributed by atoms with E-state index in [9.17, 15) is 23.1 Å². The Morgan fingerprint density at radius 3 is 2.48 bits per heavy atom. The van der Waals surface area contributed by atoms with Crippen molar-refractivity contribution in [2.45, 2.75) is 11.8 Å². The Bertz CT molecular complexity index is 1190. The van der Waals surface area contributed by atoms with Crippen molar-refractivity contribution < 1.29 is 27.5 Å². The van der Waals surface area contributed by atoms with Gasteiger partial charge in [-0.1, -0.05) is 17.7 Å². The third-order valence-corrected chi connectivity index (χ3v) is 5.57. The number of nitrogens with one attached hydrogen (secondary N) is 2. The topological polar surface area (TPSA) is 126 Å². The van der Waals surface area contributed by atoms with Crippen LogP contribution in [-0.4, -0.2) is 25.4 Å². The molecule has 0 fully saturated rings. The molecular formula is C19H15ClN2O6S. The quantitative estimate of drug-likeness (QED) is 0.538. The van der Waals surface area contributed by atoms with E-state index in [2.05, 4.69) is 10.0 Å². The number of rotatable bonds is 6. The molecule has 8 nitrogen and oxygen atoms in total. The van der Waals surface area contributed by atoms with Gasteiger partial charge in [0.05, 0.1) is 28.1 Å². The second-order valence-electron chi connectivity index (χ2n) is 6.01. The lowest BCUT2D eigenvalue weighted by molar-refractivity contribution is 0.0695. The third kappa shape index (κ3) is 4.58. The number of hydrogen-bond acceptors (Lipinski definition) is 5. The Hall–Kier alpha value is -3.30. The van der Waals surface area contributed by atoms with E-state index >= 15 is 0 Å². The molecule has 150 valence electrons. The molecule has 0 radical (unpaired) electrons. The minimum absolute atomic E-state index is 0.0309. The molecule has 0 unspecified atom stereocenters. The number of benzene rings is 2. The normalized spacial score (nSPS) is 11.1. The lowest BCUT2D eigenvalue weighted by Gasteiger charge is -2.14. The zero-order chi connectivity index (χ0) is 21.2.